The number of nitrogens with one attached hydrogen (secondary N) is 3. The molecule has 0 aromatic heterocycles. The number of aliphatic hydroxyl groups excluding tert-OH is 2. The van der Waals surface area contributed by atoms with E-state index in [1.807, 2.05) is 0 Å². The third kappa shape index (κ3) is 9.24. The van der Waals surface area contributed by atoms with Crippen molar-refractivity contribution >= 4 is 23.3 Å². The van der Waals surface area contributed by atoms with E-state index in [-0.39, 0.29) is 24.2 Å². The van der Waals surface area contributed by atoms with Gasteiger partial charge in [0, 0.05) is 28.9 Å². The molecule has 0 radical (unpaired) electrons. The molecule has 0 saturated heterocycles. The SMILES string of the molecule is C[C@@H](O)[C@H](NC(=O)c1ccc(C#Cc2ccc(NC(=O)CNCc3ccc(F)cc3C(F)(F)F)cc2)cc1)C(=O)CO. The molecule has 0 spiro atoms. The van der Waals surface area contributed by atoms with Crippen LogP contribution in [0.3, 0.4) is 0 Å². The second kappa shape index (κ2) is 14.4. The maximum Gasteiger partial charge on any atom is 0.416 e. The number of alkyl halides is 3. The molecule has 220 valence electrons. The normalized spacial score (nSPS) is 12.5. The third-order valence-electron chi connectivity index (χ3n) is 5.92. The minimum absolute atomic E-state index is 0.183. The fourth-order valence-corrected chi connectivity index (χ4v) is 3.76. The summed E-state index contributed by atoms with van der Waals surface area (Å²) in [6, 6.07) is 13.8. The molecule has 12 heteroatoms. The van der Waals surface area contributed by atoms with Crippen molar-refractivity contribution in [1.29, 1.82) is 0 Å². The molecule has 0 aliphatic heterocycles. The molecule has 3 rings (SSSR count). The molecule has 0 aliphatic rings. The molecular weight excluding hydrogens is 558 g/mol. The van der Waals surface area contributed by atoms with E-state index in [0.29, 0.717) is 22.9 Å². The smallest absolute Gasteiger partial charge is 0.391 e. The fraction of sp³-hybridized carbons (Fsp3) is 0.233. The molecule has 0 aliphatic carbocycles. The lowest BCUT2D eigenvalue weighted by molar-refractivity contribution is -0.138. The van der Waals surface area contributed by atoms with Crippen LogP contribution in [-0.2, 0) is 22.3 Å². The van der Waals surface area contributed by atoms with Gasteiger partial charge in [0.25, 0.3) is 5.91 Å². The zero-order valence-corrected chi connectivity index (χ0v) is 22.3. The summed E-state index contributed by atoms with van der Waals surface area (Å²) in [5.74, 6) is 3.05. The standard InChI is InChI=1S/C30H27F4N3O5/c1-18(39)28(26(40)17-38)37-29(42)21-8-4-19(5-9-21)2-3-20-6-12-24(13-7-20)36-27(41)16-35-15-22-10-11-23(31)14-25(22)30(32,33)34/h4-14,18,28,35,38-39H,15-17H2,1H3,(H,36,41)(H,37,42)/t18-,28+/m1/s1. The zero-order chi connectivity index (χ0) is 30.9. The van der Waals surface area contributed by atoms with E-state index in [1.165, 1.54) is 19.1 Å². The van der Waals surface area contributed by atoms with Crippen LogP contribution in [0.4, 0.5) is 23.2 Å². The van der Waals surface area contributed by atoms with Gasteiger partial charge in [0.15, 0.2) is 5.78 Å². The molecule has 2 atom stereocenters. The number of ketones is 1. The molecule has 8 nitrogen and oxygen atoms in total. The number of amides is 2. The Bertz CT molecular complexity index is 1480. The van der Waals surface area contributed by atoms with E-state index < -0.39 is 53.9 Å². The highest BCUT2D eigenvalue weighted by atomic mass is 19.4. The maximum atomic E-state index is 13.2. The molecule has 0 bridgehead atoms. The van der Waals surface area contributed by atoms with Crippen molar-refractivity contribution in [1.82, 2.24) is 10.6 Å². The van der Waals surface area contributed by atoms with Crippen molar-refractivity contribution in [3.05, 3.63) is 100 Å². The second-order valence-electron chi connectivity index (χ2n) is 9.17. The van der Waals surface area contributed by atoms with Gasteiger partial charge >= 0.3 is 6.18 Å². The minimum Gasteiger partial charge on any atom is -0.391 e. The van der Waals surface area contributed by atoms with E-state index in [9.17, 15) is 37.1 Å². The van der Waals surface area contributed by atoms with Crippen LogP contribution in [0.15, 0.2) is 66.7 Å². The Kier molecular flexibility index (Phi) is 10.9. The van der Waals surface area contributed by atoms with Gasteiger partial charge in [0.05, 0.1) is 18.2 Å². The number of rotatable bonds is 10. The van der Waals surface area contributed by atoms with E-state index in [4.69, 9.17) is 5.11 Å². The van der Waals surface area contributed by atoms with Crippen molar-refractivity contribution in [2.24, 2.45) is 0 Å². The van der Waals surface area contributed by atoms with Gasteiger partial charge in [-0.2, -0.15) is 13.2 Å². The molecule has 0 heterocycles. The second-order valence-corrected chi connectivity index (χ2v) is 9.17. The van der Waals surface area contributed by atoms with Crippen molar-refractivity contribution in [2.45, 2.75) is 31.8 Å². The van der Waals surface area contributed by atoms with Crippen molar-refractivity contribution in [3.8, 4) is 11.8 Å². The van der Waals surface area contributed by atoms with Crippen LogP contribution in [0, 0.1) is 17.7 Å². The van der Waals surface area contributed by atoms with Crippen molar-refractivity contribution < 1.29 is 42.2 Å². The van der Waals surface area contributed by atoms with Gasteiger partial charge in [-0.15, -0.1) is 0 Å². The lowest BCUT2D eigenvalue weighted by Crippen LogP contribution is -2.48. The van der Waals surface area contributed by atoms with Crippen LogP contribution in [0.1, 0.15) is 39.5 Å². The number of anilines is 1. The number of Topliss-reactive ketones (excluding diaryl/α,β-unsaturated/α-hetero) is 1. The molecule has 3 aromatic rings. The summed E-state index contributed by atoms with van der Waals surface area (Å²) in [6.45, 7) is -0.0510. The van der Waals surface area contributed by atoms with Gasteiger partial charge in [0.2, 0.25) is 5.91 Å². The topological polar surface area (TPSA) is 128 Å². The molecule has 0 saturated carbocycles. The van der Waals surface area contributed by atoms with Crippen LogP contribution >= 0.6 is 0 Å². The van der Waals surface area contributed by atoms with Crippen LogP contribution in [0.2, 0.25) is 0 Å². The van der Waals surface area contributed by atoms with Gasteiger partial charge < -0.3 is 26.2 Å². The monoisotopic (exact) mass is 585 g/mol. The van der Waals surface area contributed by atoms with Gasteiger partial charge in [-0.1, -0.05) is 17.9 Å². The number of carbonyl (C=O) groups is 3. The molecule has 42 heavy (non-hydrogen) atoms. The number of aliphatic hydroxyl groups is 2. The summed E-state index contributed by atoms with van der Waals surface area (Å²) in [5.41, 5.74) is 0.582. The summed E-state index contributed by atoms with van der Waals surface area (Å²) in [5, 5.41) is 26.3. The Morgan fingerprint density at radius 2 is 1.52 bits per heavy atom. The number of hydrogen-bond donors (Lipinski definition) is 5. The highest BCUT2D eigenvalue weighted by Gasteiger charge is 2.33. The van der Waals surface area contributed by atoms with Crippen LogP contribution < -0.4 is 16.0 Å². The van der Waals surface area contributed by atoms with Gasteiger partial charge in [0.1, 0.15) is 18.5 Å². The number of halogens is 4. The quantitative estimate of drug-likeness (QED) is 0.184. The van der Waals surface area contributed by atoms with E-state index in [1.54, 1.807) is 36.4 Å². The number of benzene rings is 3. The summed E-state index contributed by atoms with van der Waals surface area (Å²) in [6.07, 6.45) is -5.91. The van der Waals surface area contributed by atoms with Crippen molar-refractivity contribution in [3.63, 3.8) is 0 Å². The van der Waals surface area contributed by atoms with Gasteiger partial charge in [-0.25, -0.2) is 4.39 Å². The first-order valence-electron chi connectivity index (χ1n) is 12.6. The molecule has 0 fully saturated rings. The molecular formula is C30H27F4N3O5. The first-order chi connectivity index (χ1) is 19.9. The summed E-state index contributed by atoms with van der Waals surface area (Å²) in [7, 11) is 0. The highest BCUT2D eigenvalue weighted by Crippen LogP contribution is 2.32. The van der Waals surface area contributed by atoms with E-state index in [0.717, 1.165) is 12.1 Å². The molecule has 0 unspecified atom stereocenters. The first kappa shape index (κ1) is 32.0. The Balaban J connectivity index is 1.52. The fourth-order valence-electron chi connectivity index (χ4n) is 3.76. The number of hydrogen-bond acceptors (Lipinski definition) is 6. The van der Waals surface area contributed by atoms with Gasteiger partial charge in [-0.3, -0.25) is 14.4 Å². The van der Waals surface area contributed by atoms with E-state index >= 15 is 0 Å². The highest BCUT2D eigenvalue weighted by molar-refractivity contribution is 5.98. The average Bonchev–Trinajstić information content (AvgIpc) is 2.95. The maximum absolute atomic E-state index is 13.2. The minimum atomic E-state index is -4.72. The Morgan fingerprint density at radius 1 is 0.929 bits per heavy atom. The molecule has 2 amide bonds. The summed E-state index contributed by atoms with van der Waals surface area (Å²) >= 11 is 0. The lowest BCUT2D eigenvalue weighted by Gasteiger charge is -2.19. The predicted octanol–water partition coefficient (Wildman–Crippen LogP) is 3.01. The molecule has 5 N–H and O–H groups in total. The van der Waals surface area contributed by atoms with E-state index in [2.05, 4.69) is 27.8 Å². The third-order valence-corrected chi connectivity index (χ3v) is 5.92. The zero-order valence-electron chi connectivity index (χ0n) is 22.3. The molecule has 3 aromatic carbocycles. The summed E-state index contributed by atoms with van der Waals surface area (Å²) in [4.78, 5) is 36.3. The predicted molar refractivity (Wildman–Crippen MR) is 146 cm³/mol. The summed E-state index contributed by atoms with van der Waals surface area (Å²) < 4.78 is 52.5. The lowest BCUT2D eigenvalue weighted by atomic mass is 10.1. The van der Waals surface area contributed by atoms with Crippen LogP contribution in [0.25, 0.3) is 0 Å². The average molecular weight is 586 g/mol. The number of carbonyl (C=O) groups excluding carboxylic acids is 3. The Labute approximate surface area is 238 Å². The van der Waals surface area contributed by atoms with Crippen LogP contribution in [-0.4, -0.2) is 53.1 Å². The largest absolute Gasteiger partial charge is 0.416 e. The van der Waals surface area contributed by atoms with Gasteiger partial charge in [-0.05, 0) is 73.2 Å². The first-order valence-corrected chi connectivity index (χ1v) is 12.6. The van der Waals surface area contributed by atoms with Crippen molar-refractivity contribution in [2.75, 3.05) is 18.5 Å². The Morgan fingerprint density at radius 3 is 2.07 bits per heavy atom. The Hall–Kier alpha value is -4.57. The van der Waals surface area contributed by atoms with Crippen LogP contribution in [0.5, 0.6) is 0 Å².